The minimum Gasteiger partial charge on any atom is -0.468 e. The molecule has 0 saturated carbocycles. The average molecular weight is 655 g/mol. The van der Waals surface area contributed by atoms with E-state index < -0.39 is 23.9 Å². The Hall–Kier alpha value is -3.12. The fourth-order valence-electron chi connectivity index (χ4n) is 5.14. The summed E-state index contributed by atoms with van der Waals surface area (Å²) in [4.78, 5) is 16.3. The van der Waals surface area contributed by atoms with Crippen LogP contribution in [0.5, 0.6) is 5.75 Å². The highest BCUT2D eigenvalue weighted by molar-refractivity contribution is 7.78. The van der Waals surface area contributed by atoms with E-state index in [1.807, 2.05) is 45.0 Å². The Morgan fingerprint density at radius 1 is 1.09 bits per heavy atom. The normalized spacial score (nSPS) is 14.1. The summed E-state index contributed by atoms with van der Waals surface area (Å²) in [7, 11) is 1.62. The molecule has 2 aromatic carbocycles. The molecule has 0 spiro atoms. The molecule has 0 fully saturated rings. The molecular weight excluding hydrogens is 607 g/mol. The summed E-state index contributed by atoms with van der Waals surface area (Å²) < 4.78 is 34.7. The second-order valence-electron chi connectivity index (χ2n) is 12.1. The number of hydrogen-bond donors (Lipinski definition) is 4. The smallest absolute Gasteiger partial charge is 0.190 e. The predicted octanol–water partition coefficient (Wildman–Crippen LogP) is 6.53. The Labute approximate surface area is 277 Å². The number of methoxy groups -OCH3 is 1. The number of ether oxygens (including phenoxy) is 3. The van der Waals surface area contributed by atoms with Crippen LogP contribution in [-0.4, -0.2) is 53.6 Å². The molecule has 3 atom stereocenters. The van der Waals surface area contributed by atoms with Crippen LogP contribution in [0.3, 0.4) is 0 Å². The number of carbonyl (C=O) groups excluding carboxylic acids is 1. The first kappa shape index (κ1) is 37.3. The van der Waals surface area contributed by atoms with E-state index in [1.54, 1.807) is 31.4 Å². The molecule has 0 aliphatic rings. The van der Waals surface area contributed by atoms with Crippen LogP contribution in [0.2, 0.25) is 0 Å². The highest BCUT2D eigenvalue weighted by Gasteiger charge is 2.31. The number of aldehydes is 1. The maximum absolute atomic E-state index is 14.1. The molecule has 1 heterocycles. The highest BCUT2D eigenvalue weighted by atomic mass is 32.1. The van der Waals surface area contributed by atoms with Crippen molar-refractivity contribution in [1.29, 1.82) is 0 Å². The van der Waals surface area contributed by atoms with E-state index in [-0.39, 0.29) is 31.6 Å². The van der Waals surface area contributed by atoms with Gasteiger partial charge in [-0.3, -0.25) is 9.71 Å². The van der Waals surface area contributed by atoms with Crippen molar-refractivity contribution >= 4 is 25.2 Å². The lowest BCUT2D eigenvalue weighted by Gasteiger charge is -2.30. The van der Waals surface area contributed by atoms with E-state index in [1.165, 1.54) is 12.1 Å². The molecule has 0 saturated heterocycles. The summed E-state index contributed by atoms with van der Waals surface area (Å²) in [5.41, 5.74) is 4.49. The van der Waals surface area contributed by atoms with Crippen LogP contribution in [0.15, 0.2) is 54.6 Å². The second kappa shape index (κ2) is 17.7. The molecule has 3 N–H and O–H groups in total. The maximum Gasteiger partial charge on any atom is 0.190 e. The Kier molecular flexibility index (Phi) is 14.4. The molecule has 0 aliphatic carbocycles. The zero-order valence-electron chi connectivity index (χ0n) is 27.5. The van der Waals surface area contributed by atoms with Gasteiger partial charge in [0.1, 0.15) is 23.5 Å². The van der Waals surface area contributed by atoms with Crippen LogP contribution < -0.4 is 9.46 Å². The number of rotatable bonds is 18. The van der Waals surface area contributed by atoms with E-state index in [2.05, 4.69) is 31.4 Å². The minimum atomic E-state index is -0.979. The van der Waals surface area contributed by atoms with E-state index in [4.69, 9.17) is 19.2 Å². The Balaban J connectivity index is 2.06. The molecule has 3 aromatic rings. The molecule has 1 unspecified atom stereocenters. The quantitative estimate of drug-likeness (QED) is 0.0697. The molecule has 1 aromatic heterocycles. The van der Waals surface area contributed by atoms with E-state index in [9.17, 15) is 19.4 Å². The average Bonchev–Trinajstić information content (AvgIpc) is 3.03. The lowest BCUT2D eigenvalue weighted by atomic mass is 9.85. The topological polar surface area (TPSA) is 110 Å². The predicted molar refractivity (Wildman–Crippen MR) is 182 cm³/mol. The first-order chi connectivity index (χ1) is 21.9. The van der Waals surface area contributed by atoms with Crippen molar-refractivity contribution in [3.63, 3.8) is 0 Å². The number of thiol groups is 1. The third-order valence-electron chi connectivity index (χ3n) is 7.73. The molecule has 250 valence electrons. The number of hydrogen-bond acceptors (Lipinski definition) is 9. The van der Waals surface area contributed by atoms with Crippen molar-refractivity contribution in [2.24, 2.45) is 0 Å². The minimum absolute atomic E-state index is 0.0218. The summed E-state index contributed by atoms with van der Waals surface area (Å²) in [5, 5.41) is 20.9. The van der Waals surface area contributed by atoms with Crippen molar-refractivity contribution in [1.82, 2.24) is 9.71 Å². The number of nitrogens with zero attached hydrogens (tertiary/aromatic N) is 1. The van der Waals surface area contributed by atoms with Crippen molar-refractivity contribution in [3.8, 4) is 16.9 Å². The van der Waals surface area contributed by atoms with Crippen molar-refractivity contribution in [2.75, 3.05) is 13.9 Å². The van der Waals surface area contributed by atoms with E-state index in [0.717, 1.165) is 34.2 Å². The Morgan fingerprint density at radius 2 is 1.76 bits per heavy atom. The highest BCUT2D eigenvalue weighted by Crippen LogP contribution is 2.40. The van der Waals surface area contributed by atoms with Crippen LogP contribution in [-0.2, 0) is 32.9 Å². The van der Waals surface area contributed by atoms with Gasteiger partial charge in [0.25, 0.3) is 0 Å². The molecule has 10 heteroatoms. The van der Waals surface area contributed by atoms with Crippen LogP contribution in [0.25, 0.3) is 17.2 Å². The molecule has 3 rings (SSSR count). The van der Waals surface area contributed by atoms with E-state index >= 15 is 0 Å². The van der Waals surface area contributed by atoms with Gasteiger partial charge in [-0.15, -0.1) is 0 Å². The van der Waals surface area contributed by atoms with Crippen LogP contribution in [0.4, 0.5) is 4.39 Å². The maximum atomic E-state index is 14.1. The number of benzene rings is 2. The summed E-state index contributed by atoms with van der Waals surface area (Å²) in [5.74, 6) is 0.262. The van der Waals surface area contributed by atoms with Crippen molar-refractivity contribution in [2.45, 2.75) is 90.3 Å². The zero-order valence-corrected chi connectivity index (χ0v) is 28.4. The number of aliphatic hydroxyl groups excluding tert-OH is 2. The third-order valence-corrected chi connectivity index (χ3v) is 8.06. The van der Waals surface area contributed by atoms with Gasteiger partial charge in [-0.1, -0.05) is 70.0 Å². The van der Waals surface area contributed by atoms with Gasteiger partial charge in [-0.05, 0) is 73.6 Å². The SMILES string of the molecule is CC[C@H](O)C[C@H](O)/C=C/c1c(C(C)(C)OCOc2ccc(CC(C=O)NS)cc2)nc(C(C)C)c(COC)c1-c1ccc(F)cc1. The van der Waals surface area contributed by atoms with Crippen molar-refractivity contribution < 1.29 is 33.6 Å². The Bertz CT molecular complexity index is 1430. The molecular formula is C36H47FN2O6S. The van der Waals surface area contributed by atoms with Crippen LogP contribution in [0.1, 0.15) is 81.5 Å². The lowest BCUT2D eigenvalue weighted by molar-refractivity contribution is -0.109. The summed E-state index contributed by atoms with van der Waals surface area (Å²) in [6, 6.07) is 13.3. The Morgan fingerprint density at radius 3 is 2.33 bits per heavy atom. The van der Waals surface area contributed by atoms with Gasteiger partial charge in [-0.25, -0.2) is 4.39 Å². The fraction of sp³-hybridized carbons (Fsp3) is 0.444. The van der Waals surface area contributed by atoms with Gasteiger partial charge in [0, 0.05) is 30.4 Å². The molecule has 46 heavy (non-hydrogen) atoms. The van der Waals surface area contributed by atoms with Gasteiger partial charge < -0.3 is 29.2 Å². The molecule has 0 amide bonds. The monoisotopic (exact) mass is 654 g/mol. The largest absolute Gasteiger partial charge is 0.468 e. The number of carbonyl (C=O) groups is 1. The third kappa shape index (κ3) is 10.2. The first-order valence-corrected chi connectivity index (χ1v) is 16.0. The number of halogens is 1. The molecule has 0 bridgehead atoms. The van der Waals surface area contributed by atoms with Crippen molar-refractivity contribution in [3.05, 3.63) is 88.5 Å². The number of aromatic nitrogens is 1. The molecule has 0 aliphatic heterocycles. The zero-order chi connectivity index (χ0) is 33.9. The standard InChI is InChI=1S/C36H47FN2O6S/c1-7-28(41)19-29(42)14-17-31-33(25-10-12-26(37)13-11-25)32(21-43-6)34(23(2)3)38-35(31)36(4,5)45-22-44-30-15-8-24(9-16-30)18-27(20-40)39-46/h8-17,20,23,27-29,39,41-42,46H,7,18-19,21-22H2,1-6H3/b17-14+/t27?,28-,29+/m0/s1. The molecule has 0 radical (unpaired) electrons. The summed E-state index contributed by atoms with van der Waals surface area (Å²) >= 11 is 3.99. The lowest BCUT2D eigenvalue weighted by Crippen LogP contribution is -2.28. The first-order valence-electron chi connectivity index (χ1n) is 15.5. The number of aliphatic hydroxyl groups is 2. The van der Waals surface area contributed by atoms with Crippen LogP contribution in [0, 0.1) is 5.82 Å². The second-order valence-corrected chi connectivity index (χ2v) is 12.3. The van der Waals surface area contributed by atoms with Gasteiger partial charge in [-0.2, -0.15) is 0 Å². The van der Waals surface area contributed by atoms with Gasteiger partial charge in [0.05, 0.1) is 30.6 Å². The fourth-order valence-corrected chi connectivity index (χ4v) is 5.29. The summed E-state index contributed by atoms with van der Waals surface area (Å²) in [6.45, 7) is 9.94. The summed E-state index contributed by atoms with van der Waals surface area (Å²) in [6.07, 6.45) is 3.92. The van der Waals surface area contributed by atoms with Gasteiger partial charge in [0.15, 0.2) is 6.79 Å². The van der Waals surface area contributed by atoms with Gasteiger partial charge >= 0.3 is 0 Å². The van der Waals surface area contributed by atoms with E-state index in [0.29, 0.717) is 29.8 Å². The number of nitrogens with one attached hydrogen (secondary N) is 1. The molecule has 8 nitrogen and oxygen atoms in total. The van der Waals surface area contributed by atoms with Crippen LogP contribution >= 0.6 is 12.8 Å². The number of pyridine rings is 1. The van der Waals surface area contributed by atoms with Gasteiger partial charge in [0.2, 0.25) is 0 Å².